The number of hydrogen-bond donors (Lipinski definition) is 0. The second kappa shape index (κ2) is 8.63. The van der Waals surface area contributed by atoms with Crippen LogP contribution in [-0.2, 0) is 24.2 Å². The van der Waals surface area contributed by atoms with Crippen LogP contribution in [0, 0.1) is 6.07 Å². The van der Waals surface area contributed by atoms with E-state index >= 15 is 0 Å². The smallest absolute Gasteiger partial charge is 0.250 e. The molecule has 0 N–H and O–H groups in total. The second-order valence-corrected chi connectivity index (χ2v) is 2.00. The van der Waals surface area contributed by atoms with Gasteiger partial charge in [0.1, 0.15) is 0 Å². The summed E-state index contributed by atoms with van der Waals surface area (Å²) in [6.45, 7) is 2.18. The summed E-state index contributed by atoms with van der Waals surface area (Å²) in [5.74, 6) is -0.312. The van der Waals surface area contributed by atoms with Crippen molar-refractivity contribution < 1.29 is 29.0 Å². The minimum atomic E-state index is -0.312. The minimum Gasteiger partial charge on any atom is -0.506 e. The summed E-state index contributed by atoms with van der Waals surface area (Å²) in [4.78, 5) is 11.0. The molecule has 0 aliphatic rings. The van der Waals surface area contributed by atoms with E-state index in [1.807, 2.05) is 6.07 Å². The Kier molecular flexibility index (Phi) is 10.3. The normalized spacial score (nSPS) is 7.77. The number of ether oxygens (including phenoxy) is 1. The molecule has 68 valence electrons. The van der Waals surface area contributed by atoms with Crippen molar-refractivity contribution in [2.45, 2.75) is 6.92 Å². The van der Waals surface area contributed by atoms with E-state index in [-0.39, 0.29) is 49.4 Å². The number of esters is 1. The standard InChI is InChI=1S/C9H9O2.HI.Zn/c1-2-11-9(10)8-6-4-3-5-7-8;;/h3-6H,2H2,1H3;1H;/q-1;;. The Labute approximate surface area is 108 Å². The molecule has 1 rings (SSSR count). The molecule has 4 heteroatoms. The molecule has 0 bridgehead atoms. The van der Waals surface area contributed by atoms with Crippen molar-refractivity contribution in [3.63, 3.8) is 0 Å². The molecular weight excluding hydrogens is 332 g/mol. The van der Waals surface area contributed by atoms with Crippen molar-refractivity contribution in [1.82, 2.24) is 0 Å². The van der Waals surface area contributed by atoms with E-state index in [9.17, 15) is 4.79 Å². The number of benzene rings is 1. The molecule has 0 atom stereocenters. The van der Waals surface area contributed by atoms with Gasteiger partial charge in [0, 0.05) is 19.5 Å². The maximum Gasteiger partial charge on any atom is 0.250 e. The average molecular weight is 342 g/mol. The summed E-state index contributed by atoms with van der Waals surface area (Å²) in [5, 5.41) is 0. The molecule has 1 aromatic carbocycles. The molecule has 0 saturated heterocycles. The van der Waals surface area contributed by atoms with Gasteiger partial charge in [-0.15, -0.1) is 54.3 Å². The van der Waals surface area contributed by atoms with Crippen molar-refractivity contribution in [2.24, 2.45) is 0 Å². The third kappa shape index (κ3) is 5.37. The van der Waals surface area contributed by atoms with Gasteiger partial charge in [0.2, 0.25) is 5.97 Å². The van der Waals surface area contributed by atoms with Crippen LogP contribution in [0.2, 0.25) is 0 Å². The Morgan fingerprint density at radius 1 is 1.54 bits per heavy atom. The number of hydrogen-bond acceptors (Lipinski definition) is 2. The molecule has 0 fully saturated rings. The molecule has 1 aromatic rings. The van der Waals surface area contributed by atoms with Crippen molar-refractivity contribution in [1.29, 1.82) is 0 Å². The Bertz CT molecular complexity index is 239. The van der Waals surface area contributed by atoms with E-state index in [1.54, 1.807) is 25.1 Å². The molecule has 0 aliphatic heterocycles. The summed E-state index contributed by atoms with van der Waals surface area (Å²) < 4.78 is 4.76. The van der Waals surface area contributed by atoms with Gasteiger partial charge in [0.05, 0.1) is 6.61 Å². The first-order valence-electron chi connectivity index (χ1n) is 3.48. The average Bonchev–Trinajstić information content (AvgIpc) is 2.07. The molecule has 13 heavy (non-hydrogen) atoms. The van der Waals surface area contributed by atoms with Gasteiger partial charge in [0.25, 0.3) is 0 Å². The number of carbonyl (C=O) groups is 1. The first kappa shape index (κ1) is 15.5. The van der Waals surface area contributed by atoms with Gasteiger partial charge in [0.15, 0.2) is 0 Å². The summed E-state index contributed by atoms with van der Waals surface area (Å²) >= 11 is 0. The molecule has 0 radical (unpaired) electrons. The number of rotatable bonds is 2. The van der Waals surface area contributed by atoms with E-state index in [1.165, 1.54) is 0 Å². The molecule has 0 heterocycles. The summed E-state index contributed by atoms with van der Waals surface area (Å²) in [5.41, 5.74) is 0.481. The molecule has 2 nitrogen and oxygen atoms in total. The van der Waals surface area contributed by atoms with E-state index in [4.69, 9.17) is 4.74 Å². The van der Waals surface area contributed by atoms with Crippen molar-refractivity contribution in [3.05, 3.63) is 35.9 Å². The number of carbonyl (C=O) groups excluding carboxylic acids is 1. The molecule has 0 saturated carbocycles. The van der Waals surface area contributed by atoms with Gasteiger partial charge in [-0.25, -0.2) is 0 Å². The zero-order valence-electron chi connectivity index (χ0n) is 7.45. The number of halogens is 1. The van der Waals surface area contributed by atoms with E-state index in [0.717, 1.165) is 0 Å². The molecule has 0 aromatic heterocycles. The Morgan fingerprint density at radius 2 is 2.23 bits per heavy atom. The topological polar surface area (TPSA) is 26.3 Å². The summed E-state index contributed by atoms with van der Waals surface area (Å²) in [6, 6.07) is 9.73. The third-order valence-electron chi connectivity index (χ3n) is 1.20. The summed E-state index contributed by atoms with van der Waals surface area (Å²) in [6.07, 6.45) is 0. The van der Waals surface area contributed by atoms with Gasteiger partial charge in [-0.3, -0.25) is 0 Å². The fourth-order valence-corrected chi connectivity index (χ4v) is 0.729. The largest absolute Gasteiger partial charge is 0.506 e. The van der Waals surface area contributed by atoms with Gasteiger partial charge >= 0.3 is 0 Å². The van der Waals surface area contributed by atoms with Crippen LogP contribution in [0.3, 0.4) is 0 Å². The SMILES string of the molecule is CCOC(=O)c1[c-]cccc1.I.[Zn]. The molecule has 0 amide bonds. The minimum absolute atomic E-state index is 0. The van der Waals surface area contributed by atoms with Gasteiger partial charge < -0.3 is 9.53 Å². The predicted molar refractivity (Wildman–Crippen MR) is 56.6 cm³/mol. The zero-order valence-corrected chi connectivity index (χ0v) is 12.7. The first-order valence-corrected chi connectivity index (χ1v) is 3.48. The van der Waals surface area contributed by atoms with Crippen molar-refractivity contribution in [2.75, 3.05) is 6.61 Å². The van der Waals surface area contributed by atoms with Crippen LogP contribution in [0.5, 0.6) is 0 Å². The maximum absolute atomic E-state index is 11.0. The van der Waals surface area contributed by atoms with Crippen LogP contribution in [-0.4, -0.2) is 12.6 Å². The fourth-order valence-electron chi connectivity index (χ4n) is 0.729. The molecule has 0 aliphatic carbocycles. The van der Waals surface area contributed by atoms with Gasteiger partial charge in [-0.1, -0.05) is 5.56 Å². The zero-order chi connectivity index (χ0) is 8.10. The van der Waals surface area contributed by atoms with Crippen LogP contribution in [0.25, 0.3) is 0 Å². The van der Waals surface area contributed by atoms with Crippen LogP contribution in [0.4, 0.5) is 0 Å². The van der Waals surface area contributed by atoms with E-state index in [0.29, 0.717) is 12.2 Å². The van der Waals surface area contributed by atoms with Gasteiger partial charge in [-0.2, -0.15) is 0 Å². The van der Waals surface area contributed by atoms with Crippen molar-refractivity contribution >= 4 is 29.9 Å². The quantitative estimate of drug-likeness (QED) is 0.357. The molecule has 0 spiro atoms. The van der Waals surface area contributed by atoms with Crippen LogP contribution >= 0.6 is 24.0 Å². The molecular formula is C9H10IO2Zn-. The Balaban J connectivity index is 0. The third-order valence-corrected chi connectivity index (χ3v) is 1.20. The van der Waals surface area contributed by atoms with Crippen LogP contribution in [0.15, 0.2) is 24.3 Å². The fraction of sp³-hybridized carbons (Fsp3) is 0.222. The Morgan fingerprint density at radius 3 is 2.69 bits per heavy atom. The molecule has 0 unspecified atom stereocenters. The van der Waals surface area contributed by atoms with E-state index in [2.05, 4.69) is 6.07 Å². The second-order valence-electron chi connectivity index (χ2n) is 2.00. The Hall–Kier alpha value is 0.0434. The van der Waals surface area contributed by atoms with Crippen molar-refractivity contribution in [3.8, 4) is 0 Å². The first-order chi connectivity index (χ1) is 5.34. The predicted octanol–water partition coefficient (Wildman–Crippen LogP) is 2.28. The summed E-state index contributed by atoms with van der Waals surface area (Å²) in [7, 11) is 0. The van der Waals surface area contributed by atoms with Gasteiger partial charge in [-0.05, 0) is 6.92 Å². The monoisotopic (exact) mass is 341 g/mol. The van der Waals surface area contributed by atoms with Crippen LogP contribution in [0.1, 0.15) is 17.3 Å². The maximum atomic E-state index is 11.0. The van der Waals surface area contributed by atoms with Crippen LogP contribution < -0.4 is 0 Å². The van der Waals surface area contributed by atoms with E-state index < -0.39 is 0 Å².